The first kappa shape index (κ1) is 15.7. The quantitative estimate of drug-likeness (QED) is 0.766. The first-order valence-electron chi connectivity index (χ1n) is 6.31. The fourth-order valence-electron chi connectivity index (χ4n) is 1.94. The fourth-order valence-corrected chi connectivity index (χ4v) is 2.95. The van der Waals surface area contributed by atoms with Gasteiger partial charge in [0.25, 0.3) is 0 Å². The van der Waals surface area contributed by atoms with Crippen molar-refractivity contribution in [1.29, 1.82) is 0 Å². The number of allylic oxidation sites excluding steroid dienone is 1. The lowest BCUT2D eigenvalue weighted by atomic mass is 10.2. The normalized spacial score (nSPS) is 10.3. The van der Waals surface area contributed by atoms with Crippen molar-refractivity contribution >= 4 is 39.5 Å². The molecule has 0 spiro atoms. The molecule has 0 saturated heterocycles. The van der Waals surface area contributed by atoms with E-state index in [0.29, 0.717) is 17.2 Å². The van der Waals surface area contributed by atoms with Gasteiger partial charge in [-0.05, 0) is 31.6 Å². The maximum atomic E-state index is 12.3. The minimum Gasteiger partial charge on any atom is -0.496 e. The molecule has 2 aromatic heterocycles. The first-order valence-corrected chi connectivity index (χ1v) is 7.72. The lowest BCUT2D eigenvalue weighted by Crippen LogP contribution is -2.30. The number of hydrogen-bond donors (Lipinski definition) is 0. The minimum absolute atomic E-state index is 0.113. The summed E-state index contributed by atoms with van der Waals surface area (Å²) in [5.41, 5.74) is 1.66. The van der Waals surface area contributed by atoms with Crippen molar-refractivity contribution < 1.29 is 13.9 Å². The number of rotatable bonds is 5. The second kappa shape index (κ2) is 6.83. The standard InChI is InChI=1S/C15H16ClNO3S/c1-10(2)15(12-5-4-6-20-12)17(13(18)8-16)14-7-11(19-3)9-21-14/h4-7,9H,8H2,1-3H3. The van der Waals surface area contributed by atoms with Crippen molar-refractivity contribution in [1.82, 2.24) is 0 Å². The van der Waals surface area contributed by atoms with Crippen LogP contribution in [0.25, 0.3) is 5.70 Å². The summed E-state index contributed by atoms with van der Waals surface area (Å²) in [5, 5.41) is 2.58. The summed E-state index contributed by atoms with van der Waals surface area (Å²) in [6.45, 7) is 3.86. The molecule has 1 amide bonds. The highest BCUT2D eigenvalue weighted by Gasteiger charge is 2.25. The third kappa shape index (κ3) is 3.31. The average Bonchev–Trinajstić information content (AvgIpc) is 3.14. The zero-order chi connectivity index (χ0) is 15.4. The van der Waals surface area contributed by atoms with E-state index in [0.717, 1.165) is 10.6 Å². The molecule has 0 aliphatic carbocycles. The van der Waals surface area contributed by atoms with Crippen LogP contribution in [0.4, 0.5) is 5.00 Å². The van der Waals surface area contributed by atoms with Crippen LogP contribution in [0.2, 0.25) is 0 Å². The van der Waals surface area contributed by atoms with E-state index >= 15 is 0 Å². The molecule has 0 saturated carbocycles. The lowest BCUT2D eigenvalue weighted by Gasteiger charge is -2.23. The van der Waals surface area contributed by atoms with E-state index in [4.69, 9.17) is 20.8 Å². The van der Waals surface area contributed by atoms with Crippen LogP contribution >= 0.6 is 22.9 Å². The summed E-state index contributed by atoms with van der Waals surface area (Å²) in [6.07, 6.45) is 1.58. The Balaban J connectivity index is 2.53. The Bertz CT molecular complexity index is 642. The van der Waals surface area contributed by atoms with Gasteiger partial charge in [0, 0.05) is 11.4 Å². The molecule has 0 unspecified atom stereocenters. The van der Waals surface area contributed by atoms with E-state index < -0.39 is 0 Å². The van der Waals surface area contributed by atoms with E-state index in [1.54, 1.807) is 30.4 Å². The molecule has 112 valence electrons. The number of nitrogens with zero attached hydrogens (tertiary/aromatic N) is 1. The summed E-state index contributed by atoms with van der Waals surface area (Å²) in [5.74, 6) is 1.00. The van der Waals surface area contributed by atoms with Crippen LogP contribution in [-0.4, -0.2) is 18.9 Å². The Labute approximate surface area is 132 Å². The number of thiophene rings is 1. The zero-order valence-corrected chi connectivity index (χ0v) is 13.6. The zero-order valence-electron chi connectivity index (χ0n) is 12.1. The molecule has 0 bridgehead atoms. The van der Waals surface area contributed by atoms with Crippen LogP contribution in [0.1, 0.15) is 19.6 Å². The van der Waals surface area contributed by atoms with Gasteiger partial charge in [-0.15, -0.1) is 22.9 Å². The molecule has 0 N–H and O–H groups in total. The molecule has 0 aliphatic heterocycles. The number of amides is 1. The Hall–Kier alpha value is -1.72. The number of furan rings is 1. The number of carbonyl (C=O) groups excluding carboxylic acids is 1. The summed E-state index contributed by atoms with van der Waals surface area (Å²) in [4.78, 5) is 13.9. The van der Waals surface area contributed by atoms with Crippen LogP contribution in [0.3, 0.4) is 0 Å². The van der Waals surface area contributed by atoms with Crippen molar-refractivity contribution in [2.24, 2.45) is 0 Å². The largest absolute Gasteiger partial charge is 0.496 e. The van der Waals surface area contributed by atoms with E-state index in [9.17, 15) is 4.79 Å². The van der Waals surface area contributed by atoms with Gasteiger partial charge in [0.05, 0.1) is 19.1 Å². The van der Waals surface area contributed by atoms with E-state index in [1.165, 1.54) is 11.3 Å². The predicted octanol–water partition coefficient (Wildman–Crippen LogP) is 4.37. The van der Waals surface area contributed by atoms with E-state index in [-0.39, 0.29) is 11.8 Å². The monoisotopic (exact) mass is 325 g/mol. The Morgan fingerprint density at radius 2 is 2.24 bits per heavy atom. The van der Waals surface area contributed by atoms with Crippen molar-refractivity contribution in [3.63, 3.8) is 0 Å². The number of hydrogen-bond acceptors (Lipinski definition) is 4. The van der Waals surface area contributed by atoms with Gasteiger partial charge in [0.2, 0.25) is 5.91 Å². The predicted molar refractivity (Wildman–Crippen MR) is 86.1 cm³/mol. The number of alkyl halides is 1. The van der Waals surface area contributed by atoms with Crippen LogP contribution < -0.4 is 9.64 Å². The number of carbonyl (C=O) groups is 1. The summed E-state index contributed by atoms with van der Waals surface area (Å²) in [7, 11) is 1.59. The van der Waals surface area contributed by atoms with Crippen molar-refractivity contribution in [2.45, 2.75) is 13.8 Å². The first-order chi connectivity index (χ1) is 10.1. The maximum Gasteiger partial charge on any atom is 0.247 e. The topological polar surface area (TPSA) is 42.7 Å². The highest BCUT2D eigenvalue weighted by molar-refractivity contribution is 7.14. The van der Waals surface area contributed by atoms with Gasteiger partial charge < -0.3 is 9.15 Å². The molecular weight excluding hydrogens is 310 g/mol. The average molecular weight is 326 g/mol. The van der Waals surface area contributed by atoms with Gasteiger partial charge >= 0.3 is 0 Å². The third-order valence-electron chi connectivity index (χ3n) is 2.83. The van der Waals surface area contributed by atoms with Crippen LogP contribution in [0, 0.1) is 0 Å². The van der Waals surface area contributed by atoms with Gasteiger partial charge in [-0.25, -0.2) is 0 Å². The highest BCUT2D eigenvalue weighted by Crippen LogP contribution is 2.36. The summed E-state index contributed by atoms with van der Waals surface area (Å²) < 4.78 is 10.7. The molecule has 21 heavy (non-hydrogen) atoms. The number of ether oxygens (including phenoxy) is 1. The Kier molecular flexibility index (Phi) is 5.09. The number of halogens is 1. The second-order valence-electron chi connectivity index (χ2n) is 4.51. The molecule has 2 aromatic rings. The molecule has 0 aromatic carbocycles. The molecule has 4 nitrogen and oxygen atoms in total. The second-order valence-corrected chi connectivity index (χ2v) is 5.67. The highest BCUT2D eigenvalue weighted by atomic mass is 35.5. The third-order valence-corrected chi connectivity index (χ3v) is 3.95. The van der Waals surface area contributed by atoms with Gasteiger partial charge in [0.1, 0.15) is 16.6 Å². The summed E-state index contributed by atoms with van der Waals surface area (Å²) >= 11 is 7.19. The molecule has 0 fully saturated rings. The van der Waals surface area contributed by atoms with Gasteiger partial charge in [0.15, 0.2) is 5.76 Å². The van der Waals surface area contributed by atoms with Crippen molar-refractivity contribution in [3.05, 3.63) is 41.2 Å². The molecule has 0 aliphatic rings. The molecule has 2 rings (SSSR count). The lowest BCUT2D eigenvalue weighted by molar-refractivity contribution is -0.115. The van der Waals surface area contributed by atoms with E-state index in [2.05, 4.69) is 0 Å². The Morgan fingerprint density at radius 3 is 2.71 bits per heavy atom. The van der Waals surface area contributed by atoms with Crippen LogP contribution in [0.15, 0.2) is 39.8 Å². The number of methoxy groups -OCH3 is 1. The SMILES string of the molecule is COc1csc(N(C(=O)CCl)C(=C(C)C)c2ccco2)c1. The Morgan fingerprint density at radius 1 is 1.48 bits per heavy atom. The minimum atomic E-state index is -0.214. The van der Waals surface area contributed by atoms with Crippen LogP contribution in [0.5, 0.6) is 5.75 Å². The smallest absolute Gasteiger partial charge is 0.247 e. The molecule has 0 radical (unpaired) electrons. The molecular formula is C15H16ClNO3S. The van der Waals surface area contributed by atoms with Gasteiger partial charge in [-0.3, -0.25) is 9.69 Å². The fraction of sp³-hybridized carbons (Fsp3) is 0.267. The van der Waals surface area contributed by atoms with E-state index in [1.807, 2.05) is 25.3 Å². The van der Waals surface area contributed by atoms with Gasteiger partial charge in [-0.1, -0.05) is 0 Å². The van der Waals surface area contributed by atoms with Crippen molar-refractivity contribution in [3.8, 4) is 5.75 Å². The molecule has 0 atom stereocenters. The maximum absolute atomic E-state index is 12.3. The van der Waals surface area contributed by atoms with Gasteiger partial charge in [-0.2, -0.15) is 0 Å². The summed E-state index contributed by atoms with van der Waals surface area (Å²) in [6, 6.07) is 5.42. The number of anilines is 1. The van der Waals surface area contributed by atoms with Crippen LogP contribution in [-0.2, 0) is 4.79 Å². The van der Waals surface area contributed by atoms with Crippen molar-refractivity contribution in [2.75, 3.05) is 17.9 Å². The molecule has 6 heteroatoms. The molecule has 2 heterocycles.